The number of carbonyl (C=O) groups is 1. The maximum atomic E-state index is 13.2. The second-order valence-electron chi connectivity index (χ2n) is 9.00. The highest BCUT2D eigenvalue weighted by molar-refractivity contribution is 5.78. The first-order valence-electron chi connectivity index (χ1n) is 11.4. The predicted molar refractivity (Wildman–Crippen MR) is 120 cm³/mol. The van der Waals surface area contributed by atoms with Gasteiger partial charge in [-0.25, -0.2) is 9.67 Å². The zero-order chi connectivity index (χ0) is 21.5. The van der Waals surface area contributed by atoms with E-state index in [1.165, 1.54) is 18.5 Å². The molecule has 2 saturated heterocycles. The second kappa shape index (κ2) is 8.02. The monoisotopic (exact) mass is 429 g/mol. The summed E-state index contributed by atoms with van der Waals surface area (Å²) in [6.07, 6.45) is 10.7. The number of amides is 1. The van der Waals surface area contributed by atoms with E-state index in [0.29, 0.717) is 25.2 Å². The van der Waals surface area contributed by atoms with Crippen LogP contribution in [0.25, 0.3) is 5.82 Å². The zero-order valence-electron chi connectivity index (χ0n) is 18.0. The minimum absolute atomic E-state index is 0.218. The standard InChI is InChI=1S/C24H27N7O/c32-24(17-28-15-20-6-7-21(16-28)31(20)19-4-3-9-25-12-19)29-11-8-22-18(13-29)14-30(27-22)23-5-1-2-10-26-23/h1-5,9-10,12,14,20-21H,6-8,11,13,15-17H2. The quantitative estimate of drug-likeness (QED) is 0.631. The molecule has 0 aromatic carbocycles. The third-order valence-corrected chi connectivity index (χ3v) is 6.95. The zero-order valence-corrected chi connectivity index (χ0v) is 18.0. The number of carbonyl (C=O) groups excluding carboxylic acids is 1. The largest absolute Gasteiger partial charge is 0.362 e. The van der Waals surface area contributed by atoms with Crippen LogP contribution < -0.4 is 4.90 Å². The minimum atomic E-state index is 0.218. The Hall–Kier alpha value is -3.26. The molecule has 3 aromatic heterocycles. The van der Waals surface area contributed by atoms with Gasteiger partial charge in [0.1, 0.15) is 0 Å². The highest BCUT2D eigenvalue weighted by Gasteiger charge is 2.40. The Balaban J connectivity index is 1.10. The lowest BCUT2D eigenvalue weighted by molar-refractivity contribution is -0.133. The lowest BCUT2D eigenvalue weighted by Gasteiger charge is -2.42. The molecular formula is C24H27N7O. The predicted octanol–water partition coefficient (Wildman–Crippen LogP) is 1.90. The van der Waals surface area contributed by atoms with Gasteiger partial charge in [0.25, 0.3) is 0 Å². The van der Waals surface area contributed by atoms with E-state index in [2.05, 4.69) is 25.8 Å². The summed E-state index contributed by atoms with van der Waals surface area (Å²) in [7, 11) is 0. The molecule has 0 saturated carbocycles. The van der Waals surface area contributed by atoms with Gasteiger partial charge >= 0.3 is 0 Å². The van der Waals surface area contributed by atoms with Crippen molar-refractivity contribution in [3.05, 3.63) is 66.4 Å². The van der Waals surface area contributed by atoms with Crippen molar-refractivity contribution in [2.45, 2.75) is 37.9 Å². The van der Waals surface area contributed by atoms with Crippen molar-refractivity contribution in [2.75, 3.05) is 31.1 Å². The Bertz CT molecular complexity index is 1090. The Morgan fingerprint density at radius 3 is 2.69 bits per heavy atom. The summed E-state index contributed by atoms with van der Waals surface area (Å²) < 4.78 is 1.83. The average Bonchev–Trinajstić information content (AvgIpc) is 3.38. The van der Waals surface area contributed by atoms with Crippen molar-refractivity contribution in [2.24, 2.45) is 0 Å². The van der Waals surface area contributed by atoms with Crippen LogP contribution in [-0.2, 0) is 17.8 Å². The summed E-state index contributed by atoms with van der Waals surface area (Å²) in [5.41, 5.74) is 3.40. The number of likely N-dealkylation sites (tertiary alicyclic amines) is 1. The summed E-state index contributed by atoms with van der Waals surface area (Å²) in [5.74, 6) is 1.03. The van der Waals surface area contributed by atoms with E-state index in [4.69, 9.17) is 5.10 Å². The molecule has 0 aliphatic carbocycles. The molecule has 164 valence electrons. The van der Waals surface area contributed by atoms with Crippen molar-refractivity contribution in [1.82, 2.24) is 29.5 Å². The van der Waals surface area contributed by atoms with Gasteiger partial charge in [-0.2, -0.15) is 5.10 Å². The number of pyridine rings is 2. The fourth-order valence-electron chi connectivity index (χ4n) is 5.47. The molecule has 2 bridgehead atoms. The normalized spacial score (nSPS) is 22.8. The molecule has 8 nitrogen and oxygen atoms in total. The van der Waals surface area contributed by atoms with Gasteiger partial charge in [0.15, 0.2) is 5.82 Å². The van der Waals surface area contributed by atoms with Crippen LogP contribution in [0, 0.1) is 0 Å². The SMILES string of the molecule is O=C(CN1CC2CCC(C1)N2c1cccnc1)N1CCc2nn(-c3ccccn3)cc2C1. The number of hydrogen-bond acceptors (Lipinski definition) is 6. The summed E-state index contributed by atoms with van der Waals surface area (Å²) in [5, 5.41) is 4.69. The van der Waals surface area contributed by atoms with Crippen LogP contribution in [0.15, 0.2) is 55.1 Å². The number of rotatable bonds is 4. The third-order valence-electron chi connectivity index (χ3n) is 6.95. The Kier molecular flexibility index (Phi) is 4.87. The second-order valence-corrected chi connectivity index (χ2v) is 9.00. The van der Waals surface area contributed by atoms with Crippen LogP contribution in [0.3, 0.4) is 0 Å². The maximum absolute atomic E-state index is 13.2. The van der Waals surface area contributed by atoms with Crippen LogP contribution in [-0.4, -0.2) is 73.7 Å². The van der Waals surface area contributed by atoms with Crippen LogP contribution in [0.5, 0.6) is 0 Å². The molecule has 0 spiro atoms. The van der Waals surface area contributed by atoms with Gasteiger partial charge < -0.3 is 9.80 Å². The van der Waals surface area contributed by atoms with Crippen LogP contribution in [0.2, 0.25) is 0 Å². The highest BCUT2D eigenvalue weighted by Crippen LogP contribution is 2.34. The molecule has 2 unspecified atom stereocenters. The van der Waals surface area contributed by atoms with E-state index in [1.807, 2.05) is 52.4 Å². The molecule has 8 heteroatoms. The number of aromatic nitrogens is 4. The van der Waals surface area contributed by atoms with Gasteiger partial charge in [-0.3, -0.25) is 14.7 Å². The van der Waals surface area contributed by atoms with E-state index < -0.39 is 0 Å². The van der Waals surface area contributed by atoms with E-state index in [9.17, 15) is 4.79 Å². The van der Waals surface area contributed by atoms with Crippen LogP contribution in [0.1, 0.15) is 24.1 Å². The summed E-state index contributed by atoms with van der Waals surface area (Å²) in [4.78, 5) is 28.7. The molecule has 3 aliphatic heterocycles. The van der Waals surface area contributed by atoms with E-state index in [-0.39, 0.29) is 5.91 Å². The number of nitrogens with zero attached hydrogens (tertiary/aromatic N) is 7. The lowest BCUT2D eigenvalue weighted by atomic mass is 10.1. The van der Waals surface area contributed by atoms with Crippen molar-refractivity contribution >= 4 is 11.6 Å². The van der Waals surface area contributed by atoms with Gasteiger partial charge in [-0.05, 0) is 37.1 Å². The Labute approximate surface area is 187 Å². The molecule has 32 heavy (non-hydrogen) atoms. The Morgan fingerprint density at radius 1 is 1.06 bits per heavy atom. The van der Waals surface area contributed by atoms with Crippen molar-refractivity contribution in [3.63, 3.8) is 0 Å². The molecule has 2 fully saturated rings. The van der Waals surface area contributed by atoms with Crippen LogP contribution in [0.4, 0.5) is 5.69 Å². The number of fused-ring (bicyclic) bond motifs is 3. The number of piperazine rings is 1. The van der Waals surface area contributed by atoms with Gasteiger partial charge in [-0.15, -0.1) is 0 Å². The smallest absolute Gasteiger partial charge is 0.237 e. The minimum Gasteiger partial charge on any atom is -0.362 e. The van der Waals surface area contributed by atoms with Gasteiger partial charge in [0, 0.05) is 68.8 Å². The first kappa shape index (κ1) is 19.4. The van der Waals surface area contributed by atoms with E-state index in [0.717, 1.165) is 43.1 Å². The number of hydrogen-bond donors (Lipinski definition) is 0. The topological polar surface area (TPSA) is 70.4 Å². The maximum Gasteiger partial charge on any atom is 0.237 e. The van der Waals surface area contributed by atoms with Crippen molar-refractivity contribution in [1.29, 1.82) is 0 Å². The van der Waals surface area contributed by atoms with Crippen molar-refractivity contribution < 1.29 is 4.79 Å². The van der Waals surface area contributed by atoms with Gasteiger partial charge in [0.2, 0.25) is 5.91 Å². The van der Waals surface area contributed by atoms with Gasteiger partial charge in [0.05, 0.1) is 24.1 Å². The third kappa shape index (κ3) is 3.54. The molecule has 0 radical (unpaired) electrons. The molecule has 6 rings (SSSR count). The van der Waals surface area contributed by atoms with Crippen molar-refractivity contribution in [3.8, 4) is 5.82 Å². The number of anilines is 1. The molecule has 1 amide bonds. The fourth-order valence-corrected chi connectivity index (χ4v) is 5.47. The fraction of sp³-hybridized carbons (Fsp3) is 0.417. The molecule has 2 atom stereocenters. The van der Waals surface area contributed by atoms with E-state index in [1.54, 1.807) is 6.20 Å². The van der Waals surface area contributed by atoms with Crippen LogP contribution >= 0.6 is 0 Å². The summed E-state index contributed by atoms with van der Waals surface area (Å²) >= 11 is 0. The molecule has 0 N–H and O–H groups in total. The van der Waals surface area contributed by atoms with Gasteiger partial charge in [-0.1, -0.05) is 6.07 Å². The average molecular weight is 430 g/mol. The van der Waals surface area contributed by atoms with E-state index >= 15 is 0 Å². The highest BCUT2D eigenvalue weighted by atomic mass is 16.2. The molecule has 6 heterocycles. The molecular weight excluding hydrogens is 402 g/mol. The summed E-state index contributed by atoms with van der Waals surface area (Å²) in [6.45, 7) is 3.73. The lowest BCUT2D eigenvalue weighted by Crippen LogP contribution is -2.56. The first-order valence-corrected chi connectivity index (χ1v) is 11.4. The first-order chi connectivity index (χ1) is 15.7. The molecule has 3 aliphatic rings. The summed E-state index contributed by atoms with van der Waals surface area (Å²) in [6, 6.07) is 10.9. The Morgan fingerprint density at radius 2 is 1.94 bits per heavy atom. The molecule has 3 aromatic rings.